The molecule has 18 heavy (non-hydrogen) atoms. The fourth-order valence-electron chi connectivity index (χ4n) is 5.18. The molecule has 1 nitrogen and oxygen atoms in total. The van der Waals surface area contributed by atoms with Crippen LogP contribution in [0.15, 0.2) is 0 Å². The Labute approximate surface area is 113 Å². The van der Waals surface area contributed by atoms with E-state index in [2.05, 4.69) is 19.2 Å². The summed E-state index contributed by atoms with van der Waals surface area (Å²) in [6, 6.07) is 0.655. The van der Waals surface area contributed by atoms with Crippen molar-refractivity contribution in [1.82, 2.24) is 5.32 Å². The van der Waals surface area contributed by atoms with E-state index in [0.29, 0.717) is 11.5 Å². The molecule has 3 saturated carbocycles. The normalized spacial score (nSPS) is 37.8. The summed E-state index contributed by atoms with van der Waals surface area (Å²) in [7, 11) is 0. The van der Waals surface area contributed by atoms with Crippen molar-refractivity contribution in [2.24, 2.45) is 23.2 Å². The average molecular weight is 249 g/mol. The Bertz CT molecular complexity index is 277. The van der Waals surface area contributed by atoms with Gasteiger partial charge < -0.3 is 5.32 Å². The van der Waals surface area contributed by atoms with Crippen molar-refractivity contribution >= 4 is 0 Å². The molecule has 0 aromatic heterocycles. The first-order valence-corrected chi connectivity index (χ1v) is 8.40. The van der Waals surface area contributed by atoms with Crippen LogP contribution in [0.5, 0.6) is 0 Å². The second-order valence-electron chi connectivity index (χ2n) is 7.88. The standard InChI is InChI=1S/C17H31N/c1-13(2)18-12-17(7-3-4-8-17)11-16-10-14-5-6-15(16)9-14/h13-16,18H,3-12H2,1-2H3. The van der Waals surface area contributed by atoms with Gasteiger partial charge in [-0.05, 0) is 61.7 Å². The lowest BCUT2D eigenvalue weighted by molar-refractivity contribution is 0.168. The number of hydrogen-bond acceptors (Lipinski definition) is 1. The van der Waals surface area contributed by atoms with Crippen LogP contribution in [0.3, 0.4) is 0 Å². The molecule has 3 aliphatic rings. The maximum atomic E-state index is 3.75. The third-order valence-electron chi connectivity index (χ3n) is 6.13. The van der Waals surface area contributed by atoms with E-state index in [4.69, 9.17) is 0 Å². The van der Waals surface area contributed by atoms with Gasteiger partial charge in [-0.25, -0.2) is 0 Å². The number of hydrogen-bond donors (Lipinski definition) is 1. The molecule has 0 saturated heterocycles. The molecule has 3 unspecified atom stereocenters. The van der Waals surface area contributed by atoms with Crippen LogP contribution >= 0.6 is 0 Å². The molecule has 0 aliphatic heterocycles. The van der Waals surface area contributed by atoms with E-state index in [1.807, 2.05) is 0 Å². The predicted octanol–water partition coefficient (Wildman–Crippen LogP) is 4.37. The number of rotatable bonds is 5. The first-order chi connectivity index (χ1) is 8.67. The summed E-state index contributed by atoms with van der Waals surface area (Å²) in [6.45, 7) is 5.87. The van der Waals surface area contributed by atoms with Gasteiger partial charge in [-0.2, -0.15) is 0 Å². The largest absolute Gasteiger partial charge is 0.314 e. The van der Waals surface area contributed by atoms with Gasteiger partial charge in [0.25, 0.3) is 0 Å². The SMILES string of the molecule is CC(C)NCC1(CC2CC3CCC2C3)CCCC1. The average Bonchev–Trinajstić information content (AvgIpc) is 3.03. The fourth-order valence-corrected chi connectivity index (χ4v) is 5.18. The molecule has 0 aromatic carbocycles. The van der Waals surface area contributed by atoms with Crippen molar-refractivity contribution in [3.05, 3.63) is 0 Å². The highest BCUT2D eigenvalue weighted by Crippen LogP contribution is 2.54. The summed E-state index contributed by atoms with van der Waals surface area (Å²) in [5, 5.41) is 3.75. The Balaban J connectivity index is 1.59. The van der Waals surface area contributed by atoms with Crippen LogP contribution in [0.2, 0.25) is 0 Å². The second kappa shape index (κ2) is 5.15. The minimum absolute atomic E-state index is 0.655. The predicted molar refractivity (Wildman–Crippen MR) is 77.6 cm³/mol. The van der Waals surface area contributed by atoms with Crippen molar-refractivity contribution < 1.29 is 0 Å². The Morgan fingerprint density at radius 2 is 1.89 bits per heavy atom. The summed E-state index contributed by atoms with van der Waals surface area (Å²) in [5.41, 5.74) is 0.680. The first kappa shape index (κ1) is 13.0. The maximum absolute atomic E-state index is 3.75. The van der Waals surface area contributed by atoms with E-state index < -0.39 is 0 Å². The molecule has 0 aromatic rings. The molecule has 0 radical (unpaired) electrons. The zero-order chi connectivity index (χ0) is 12.6. The van der Waals surface area contributed by atoms with Crippen LogP contribution in [0.25, 0.3) is 0 Å². The Morgan fingerprint density at radius 1 is 1.11 bits per heavy atom. The Kier molecular flexibility index (Phi) is 3.71. The van der Waals surface area contributed by atoms with Gasteiger partial charge >= 0.3 is 0 Å². The summed E-state index contributed by atoms with van der Waals surface area (Å²) < 4.78 is 0. The molecular weight excluding hydrogens is 218 g/mol. The lowest BCUT2D eigenvalue weighted by Crippen LogP contribution is -2.37. The van der Waals surface area contributed by atoms with E-state index in [0.717, 1.165) is 17.8 Å². The van der Waals surface area contributed by atoms with Crippen LogP contribution < -0.4 is 5.32 Å². The third kappa shape index (κ3) is 2.61. The van der Waals surface area contributed by atoms with Gasteiger partial charge in [-0.15, -0.1) is 0 Å². The molecule has 3 aliphatic carbocycles. The van der Waals surface area contributed by atoms with Crippen LogP contribution in [-0.2, 0) is 0 Å². The molecule has 3 fully saturated rings. The minimum atomic E-state index is 0.655. The van der Waals surface area contributed by atoms with E-state index in [1.54, 1.807) is 32.1 Å². The minimum Gasteiger partial charge on any atom is -0.314 e. The van der Waals surface area contributed by atoms with Crippen LogP contribution in [0.4, 0.5) is 0 Å². The maximum Gasteiger partial charge on any atom is 0.00106 e. The number of fused-ring (bicyclic) bond motifs is 2. The highest BCUT2D eigenvalue weighted by atomic mass is 14.9. The summed E-state index contributed by atoms with van der Waals surface area (Å²) in [6.07, 6.45) is 13.8. The van der Waals surface area contributed by atoms with E-state index in [-0.39, 0.29) is 0 Å². The van der Waals surface area contributed by atoms with E-state index in [9.17, 15) is 0 Å². The zero-order valence-electron chi connectivity index (χ0n) is 12.4. The summed E-state index contributed by atoms with van der Waals surface area (Å²) in [4.78, 5) is 0. The van der Waals surface area contributed by atoms with Crippen molar-refractivity contribution in [3.8, 4) is 0 Å². The molecule has 0 amide bonds. The number of nitrogens with one attached hydrogen (secondary N) is 1. The van der Waals surface area contributed by atoms with Gasteiger partial charge in [-0.3, -0.25) is 0 Å². The first-order valence-electron chi connectivity index (χ1n) is 8.40. The highest BCUT2D eigenvalue weighted by Gasteiger charge is 2.44. The third-order valence-corrected chi connectivity index (χ3v) is 6.13. The van der Waals surface area contributed by atoms with Crippen molar-refractivity contribution in [2.45, 2.75) is 77.7 Å². The smallest absolute Gasteiger partial charge is 0.00106 e. The van der Waals surface area contributed by atoms with Crippen molar-refractivity contribution in [2.75, 3.05) is 6.54 Å². The monoisotopic (exact) mass is 249 g/mol. The Hall–Kier alpha value is -0.0400. The van der Waals surface area contributed by atoms with Crippen LogP contribution in [0.1, 0.15) is 71.6 Å². The van der Waals surface area contributed by atoms with E-state index in [1.165, 1.54) is 32.2 Å². The molecule has 1 N–H and O–H groups in total. The molecule has 2 bridgehead atoms. The fraction of sp³-hybridized carbons (Fsp3) is 1.00. The summed E-state index contributed by atoms with van der Waals surface area (Å²) >= 11 is 0. The van der Waals surface area contributed by atoms with Gasteiger partial charge in [0.1, 0.15) is 0 Å². The molecule has 1 heteroatoms. The van der Waals surface area contributed by atoms with E-state index >= 15 is 0 Å². The van der Waals surface area contributed by atoms with Gasteiger partial charge in [0.2, 0.25) is 0 Å². The van der Waals surface area contributed by atoms with Crippen molar-refractivity contribution in [3.63, 3.8) is 0 Å². The molecule has 0 spiro atoms. The van der Waals surface area contributed by atoms with Crippen LogP contribution in [-0.4, -0.2) is 12.6 Å². The molecule has 3 rings (SSSR count). The van der Waals surface area contributed by atoms with Crippen LogP contribution in [0, 0.1) is 23.2 Å². The summed E-state index contributed by atoms with van der Waals surface area (Å²) in [5.74, 6) is 3.33. The molecule has 104 valence electrons. The lowest BCUT2D eigenvalue weighted by Gasteiger charge is -2.36. The topological polar surface area (TPSA) is 12.0 Å². The molecule has 3 atom stereocenters. The lowest BCUT2D eigenvalue weighted by atomic mass is 9.72. The quantitative estimate of drug-likeness (QED) is 0.763. The molecule has 0 heterocycles. The van der Waals surface area contributed by atoms with Crippen molar-refractivity contribution in [1.29, 1.82) is 0 Å². The molecular formula is C17H31N. The highest BCUT2D eigenvalue weighted by molar-refractivity contribution is 4.96. The van der Waals surface area contributed by atoms with Gasteiger partial charge in [0, 0.05) is 12.6 Å². The second-order valence-corrected chi connectivity index (χ2v) is 7.88. The zero-order valence-corrected chi connectivity index (χ0v) is 12.4. The Morgan fingerprint density at radius 3 is 2.44 bits per heavy atom. The van der Waals surface area contributed by atoms with Gasteiger partial charge in [-0.1, -0.05) is 33.1 Å². The van der Waals surface area contributed by atoms with Gasteiger partial charge in [0.15, 0.2) is 0 Å². The van der Waals surface area contributed by atoms with Gasteiger partial charge in [0.05, 0.1) is 0 Å².